The fourth-order valence-electron chi connectivity index (χ4n) is 1.28. The molecule has 3 N–H and O–H groups in total. The van der Waals surface area contributed by atoms with Crippen LogP contribution in [0.1, 0.15) is 18.8 Å². The Morgan fingerprint density at radius 1 is 1.57 bits per heavy atom. The van der Waals surface area contributed by atoms with Crippen molar-refractivity contribution in [3.05, 3.63) is 28.8 Å². The van der Waals surface area contributed by atoms with Crippen LogP contribution >= 0.6 is 11.6 Å². The molecule has 1 aromatic carbocycles. The molecule has 0 aliphatic heterocycles. The molecule has 1 heterocycles. The van der Waals surface area contributed by atoms with Crippen LogP contribution in [-0.2, 0) is 0 Å². The van der Waals surface area contributed by atoms with E-state index in [1.54, 1.807) is 13.0 Å². The number of benzene rings is 1. The average molecular weight is 214 g/mol. The van der Waals surface area contributed by atoms with Crippen LogP contribution in [0.5, 0.6) is 0 Å². The average Bonchev–Trinajstić information content (AvgIpc) is 2.47. The van der Waals surface area contributed by atoms with E-state index in [9.17, 15) is 4.39 Å². The molecule has 5 heteroatoms. The number of fused-ring (bicyclic) bond motifs is 1. The van der Waals surface area contributed by atoms with Gasteiger partial charge in [-0.3, -0.25) is 0 Å². The van der Waals surface area contributed by atoms with E-state index < -0.39 is 5.82 Å². The maximum Gasteiger partial charge on any atom is 0.152 e. The standard InChI is InChI=1S/C9H9ClFN3/c1-4(12)9-13-7-3-5(10)2-6(11)8(7)14-9/h2-4H,12H2,1H3,(H,13,14). The summed E-state index contributed by atoms with van der Waals surface area (Å²) >= 11 is 5.69. The van der Waals surface area contributed by atoms with Crippen molar-refractivity contribution in [1.82, 2.24) is 9.97 Å². The summed E-state index contributed by atoms with van der Waals surface area (Å²) in [5, 5.41) is 0.342. The molecule has 1 atom stereocenters. The molecule has 0 bridgehead atoms. The van der Waals surface area contributed by atoms with Gasteiger partial charge in [0.05, 0.1) is 11.6 Å². The van der Waals surface area contributed by atoms with Gasteiger partial charge < -0.3 is 10.7 Å². The molecule has 1 unspecified atom stereocenters. The number of nitrogens with one attached hydrogen (secondary N) is 1. The molecule has 0 amide bonds. The van der Waals surface area contributed by atoms with Gasteiger partial charge in [-0.25, -0.2) is 9.37 Å². The molecular weight excluding hydrogens is 205 g/mol. The van der Waals surface area contributed by atoms with Crippen LogP contribution in [-0.4, -0.2) is 9.97 Å². The molecule has 0 aliphatic rings. The minimum atomic E-state index is -0.435. The number of aromatic amines is 1. The van der Waals surface area contributed by atoms with Gasteiger partial charge in [0.1, 0.15) is 11.3 Å². The maximum absolute atomic E-state index is 13.3. The highest BCUT2D eigenvalue weighted by Crippen LogP contribution is 2.22. The van der Waals surface area contributed by atoms with Crippen LogP contribution in [0.15, 0.2) is 12.1 Å². The van der Waals surface area contributed by atoms with E-state index in [4.69, 9.17) is 17.3 Å². The molecule has 0 saturated carbocycles. The molecule has 2 rings (SSSR count). The van der Waals surface area contributed by atoms with Gasteiger partial charge in [0, 0.05) is 5.02 Å². The van der Waals surface area contributed by atoms with Crippen LogP contribution in [0.4, 0.5) is 4.39 Å². The number of nitrogens with two attached hydrogens (primary N) is 1. The number of H-pyrrole nitrogens is 1. The molecule has 2 aromatic rings. The van der Waals surface area contributed by atoms with Crippen LogP contribution < -0.4 is 5.73 Å². The zero-order chi connectivity index (χ0) is 10.3. The Kier molecular flexibility index (Phi) is 2.17. The third kappa shape index (κ3) is 1.47. The molecule has 0 aliphatic carbocycles. The Balaban J connectivity index is 2.70. The number of hydrogen-bond donors (Lipinski definition) is 2. The second-order valence-corrected chi connectivity index (χ2v) is 3.63. The number of aromatic nitrogens is 2. The van der Waals surface area contributed by atoms with Gasteiger partial charge in [0.2, 0.25) is 0 Å². The van der Waals surface area contributed by atoms with Crippen LogP contribution in [0.2, 0.25) is 5.02 Å². The number of rotatable bonds is 1. The first kappa shape index (κ1) is 9.43. The molecular formula is C9H9ClFN3. The summed E-state index contributed by atoms with van der Waals surface area (Å²) in [5.74, 6) is 0.122. The minimum Gasteiger partial charge on any atom is -0.341 e. The molecule has 0 saturated heterocycles. The van der Waals surface area contributed by atoms with Crippen molar-refractivity contribution in [1.29, 1.82) is 0 Å². The van der Waals surface area contributed by atoms with Gasteiger partial charge in [-0.2, -0.15) is 0 Å². The molecule has 74 valence electrons. The number of hydrogen-bond acceptors (Lipinski definition) is 2. The zero-order valence-electron chi connectivity index (χ0n) is 7.51. The Labute approximate surface area is 85.1 Å². The van der Waals surface area contributed by atoms with Crippen molar-refractivity contribution < 1.29 is 4.39 Å². The lowest BCUT2D eigenvalue weighted by atomic mass is 10.3. The van der Waals surface area contributed by atoms with E-state index in [2.05, 4.69) is 9.97 Å². The first-order valence-corrected chi connectivity index (χ1v) is 4.56. The summed E-state index contributed by atoms with van der Waals surface area (Å²) in [6.45, 7) is 1.78. The lowest BCUT2D eigenvalue weighted by Crippen LogP contribution is -2.06. The lowest BCUT2D eigenvalue weighted by molar-refractivity contribution is 0.636. The van der Waals surface area contributed by atoms with E-state index in [-0.39, 0.29) is 11.6 Å². The summed E-state index contributed by atoms with van der Waals surface area (Å²) in [5.41, 5.74) is 6.47. The van der Waals surface area contributed by atoms with E-state index in [1.807, 2.05) is 0 Å². The van der Waals surface area contributed by atoms with Crippen LogP contribution in [0.25, 0.3) is 11.0 Å². The molecule has 0 radical (unpaired) electrons. The Bertz CT molecular complexity index is 478. The van der Waals surface area contributed by atoms with Crippen molar-refractivity contribution in [2.75, 3.05) is 0 Å². The summed E-state index contributed by atoms with van der Waals surface area (Å²) < 4.78 is 13.3. The highest BCUT2D eigenvalue weighted by atomic mass is 35.5. The fraction of sp³-hybridized carbons (Fsp3) is 0.222. The fourth-order valence-corrected chi connectivity index (χ4v) is 1.48. The van der Waals surface area contributed by atoms with Crippen molar-refractivity contribution >= 4 is 22.6 Å². The van der Waals surface area contributed by atoms with Crippen LogP contribution in [0.3, 0.4) is 0 Å². The molecule has 0 spiro atoms. The largest absolute Gasteiger partial charge is 0.341 e. The molecule has 3 nitrogen and oxygen atoms in total. The maximum atomic E-state index is 13.3. The van der Waals surface area contributed by atoms with Crippen molar-refractivity contribution in [3.8, 4) is 0 Å². The summed E-state index contributed by atoms with van der Waals surface area (Å²) in [6, 6.07) is 2.61. The number of halogens is 2. The first-order valence-electron chi connectivity index (χ1n) is 4.18. The second-order valence-electron chi connectivity index (χ2n) is 3.19. The van der Waals surface area contributed by atoms with E-state index in [0.717, 1.165) is 0 Å². The highest BCUT2D eigenvalue weighted by Gasteiger charge is 2.10. The van der Waals surface area contributed by atoms with E-state index >= 15 is 0 Å². The summed E-state index contributed by atoms with van der Waals surface area (Å²) in [4.78, 5) is 6.95. The predicted molar refractivity (Wildman–Crippen MR) is 53.7 cm³/mol. The highest BCUT2D eigenvalue weighted by molar-refractivity contribution is 6.31. The normalized spacial score (nSPS) is 13.4. The van der Waals surface area contributed by atoms with Crippen molar-refractivity contribution in [3.63, 3.8) is 0 Å². The number of imidazole rings is 1. The van der Waals surface area contributed by atoms with Crippen molar-refractivity contribution in [2.45, 2.75) is 13.0 Å². The molecule has 14 heavy (non-hydrogen) atoms. The first-order chi connectivity index (χ1) is 6.58. The van der Waals surface area contributed by atoms with Gasteiger partial charge in [0.15, 0.2) is 5.82 Å². The lowest BCUT2D eigenvalue weighted by Gasteiger charge is -1.96. The van der Waals surface area contributed by atoms with Gasteiger partial charge in [-0.1, -0.05) is 11.6 Å². The van der Waals surface area contributed by atoms with Crippen LogP contribution in [0, 0.1) is 5.82 Å². The summed E-state index contributed by atoms with van der Waals surface area (Å²) in [6.07, 6.45) is 0. The molecule has 0 fully saturated rings. The smallest absolute Gasteiger partial charge is 0.152 e. The van der Waals surface area contributed by atoms with E-state index in [0.29, 0.717) is 16.4 Å². The summed E-state index contributed by atoms with van der Waals surface area (Å²) in [7, 11) is 0. The second kappa shape index (κ2) is 3.22. The van der Waals surface area contributed by atoms with Gasteiger partial charge in [-0.05, 0) is 19.1 Å². The number of nitrogens with zero attached hydrogens (tertiary/aromatic N) is 1. The third-order valence-electron chi connectivity index (χ3n) is 1.95. The minimum absolute atomic E-state index is 0.249. The topological polar surface area (TPSA) is 54.7 Å². The Morgan fingerprint density at radius 3 is 2.93 bits per heavy atom. The monoisotopic (exact) mass is 213 g/mol. The van der Waals surface area contributed by atoms with Gasteiger partial charge in [-0.15, -0.1) is 0 Å². The van der Waals surface area contributed by atoms with Crippen molar-refractivity contribution in [2.24, 2.45) is 5.73 Å². The zero-order valence-corrected chi connectivity index (χ0v) is 8.27. The predicted octanol–water partition coefficient (Wildman–Crippen LogP) is 2.38. The van der Waals surface area contributed by atoms with E-state index in [1.165, 1.54) is 6.07 Å². The Morgan fingerprint density at radius 2 is 2.29 bits per heavy atom. The SMILES string of the molecule is CC(N)c1nc2c(F)cc(Cl)cc2[nH]1. The van der Waals surface area contributed by atoms with Gasteiger partial charge in [0.25, 0.3) is 0 Å². The quantitative estimate of drug-likeness (QED) is 0.764. The molecule has 1 aromatic heterocycles. The Hall–Kier alpha value is -1.13. The third-order valence-corrected chi connectivity index (χ3v) is 2.17. The van der Waals surface area contributed by atoms with Gasteiger partial charge >= 0.3 is 0 Å².